The Morgan fingerprint density at radius 1 is 1.00 bits per heavy atom. The van der Waals surface area contributed by atoms with Crippen LogP contribution in [-0.2, 0) is 0 Å². The van der Waals surface area contributed by atoms with E-state index in [0.717, 1.165) is 29.4 Å². The lowest BCUT2D eigenvalue weighted by Gasteiger charge is -2.37. The summed E-state index contributed by atoms with van der Waals surface area (Å²) in [7, 11) is 3.16. The van der Waals surface area contributed by atoms with E-state index in [1.54, 1.807) is 32.4 Å². The standard InChI is InChI=1S/C20H23ClN2O3/c1-14-18(21)5-4-6-19(14)22-7-9-23(10-8-22)20(24)15-11-16(25-2)13-17(12-15)26-3/h4-6,11-13H,7-10H2,1-3H3. The first-order valence-corrected chi connectivity index (χ1v) is 8.93. The van der Waals surface area contributed by atoms with Gasteiger partial charge in [-0.25, -0.2) is 0 Å². The molecule has 0 saturated carbocycles. The molecule has 1 aliphatic rings. The highest BCUT2D eigenvalue weighted by atomic mass is 35.5. The number of amides is 1. The monoisotopic (exact) mass is 374 g/mol. The molecule has 0 bridgehead atoms. The molecule has 1 heterocycles. The first-order chi connectivity index (χ1) is 12.5. The summed E-state index contributed by atoms with van der Waals surface area (Å²) in [4.78, 5) is 17.0. The van der Waals surface area contributed by atoms with Crippen molar-refractivity contribution in [3.8, 4) is 11.5 Å². The molecule has 26 heavy (non-hydrogen) atoms. The normalized spacial score (nSPS) is 14.3. The van der Waals surface area contributed by atoms with Crippen LogP contribution >= 0.6 is 11.6 Å². The Morgan fingerprint density at radius 3 is 2.19 bits per heavy atom. The fourth-order valence-electron chi connectivity index (χ4n) is 3.20. The predicted octanol–water partition coefficient (Wildman–Crippen LogP) is 3.63. The van der Waals surface area contributed by atoms with Crippen LogP contribution in [0.4, 0.5) is 5.69 Å². The molecule has 2 aromatic carbocycles. The number of carbonyl (C=O) groups excluding carboxylic acids is 1. The number of ether oxygens (including phenoxy) is 2. The average Bonchev–Trinajstić information content (AvgIpc) is 2.69. The minimum absolute atomic E-state index is 0.00957. The number of piperazine rings is 1. The molecule has 0 aliphatic carbocycles. The molecule has 0 aromatic heterocycles. The van der Waals surface area contributed by atoms with Gasteiger partial charge in [0.15, 0.2) is 0 Å². The topological polar surface area (TPSA) is 42.0 Å². The number of carbonyl (C=O) groups is 1. The summed E-state index contributed by atoms with van der Waals surface area (Å²) in [5.41, 5.74) is 2.78. The molecule has 0 radical (unpaired) electrons. The predicted molar refractivity (Wildman–Crippen MR) is 104 cm³/mol. The van der Waals surface area contributed by atoms with Crippen LogP contribution in [0.2, 0.25) is 5.02 Å². The summed E-state index contributed by atoms with van der Waals surface area (Å²) in [5.74, 6) is 1.21. The molecule has 0 spiro atoms. The molecule has 138 valence electrons. The van der Waals surface area contributed by atoms with Crippen LogP contribution in [0.15, 0.2) is 36.4 Å². The Bertz CT molecular complexity index is 779. The molecule has 1 saturated heterocycles. The van der Waals surface area contributed by atoms with Crippen molar-refractivity contribution >= 4 is 23.2 Å². The van der Waals surface area contributed by atoms with E-state index < -0.39 is 0 Å². The molecule has 1 amide bonds. The lowest BCUT2D eigenvalue weighted by molar-refractivity contribution is 0.0746. The molecule has 2 aromatic rings. The van der Waals surface area contributed by atoms with Gasteiger partial charge in [0, 0.05) is 48.5 Å². The maximum atomic E-state index is 12.9. The van der Waals surface area contributed by atoms with E-state index in [1.807, 2.05) is 24.0 Å². The Kier molecular flexibility index (Phi) is 5.57. The van der Waals surface area contributed by atoms with Gasteiger partial charge in [-0.05, 0) is 36.8 Å². The third-order valence-electron chi connectivity index (χ3n) is 4.75. The number of anilines is 1. The SMILES string of the molecule is COc1cc(OC)cc(C(=O)N2CCN(c3cccc(Cl)c3C)CC2)c1. The second-order valence-corrected chi connectivity index (χ2v) is 6.67. The maximum Gasteiger partial charge on any atom is 0.254 e. The van der Waals surface area contributed by atoms with Gasteiger partial charge >= 0.3 is 0 Å². The Morgan fingerprint density at radius 2 is 1.62 bits per heavy atom. The molecular weight excluding hydrogens is 352 g/mol. The zero-order valence-corrected chi connectivity index (χ0v) is 16.0. The second kappa shape index (κ2) is 7.87. The number of hydrogen-bond acceptors (Lipinski definition) is 4. The van der Waals surface area contributed by atoms with E-state index in [-0.39, 0.29) is 5.91 Å². The Hall–Kier alpha value is -2.40. The van der Waals surface area contributed by atoms with Gasteiger partial charge in [-0.2, -0.15) is 0 Å². The van der Waals surface area contributed by atoms with Crippen molar-refractivity contribution in [3.05, 3.63) is 52.5 Å². The van der Waals surface area contributed by atoms with Gasteiger partial charge in [0.05, 0.1) is 14.2 Å². The summed E-state index contributed by atoms with van der Waals surface area (Å²) >= 11 is 6.23. The van der Waals surface area contributed by atoms with Crippen molar-refractivity contribution in [2.24, 2.45) is 0 Å². The highest BCUT2D eigenvalue weighted by Crippen LogP contribution is 2.28. The fraction of sp³-hybridized carbons (Fsp3) is 0.350. The Labute approximate surface area is 159 Å². The third kappa shape index (κ3) is 3.73. The van der Waals surface area contributed by atoms with Crippen LogP contribution in [0, 0.1) is 6.92 Å². The van der Waals surface area contributed by atoms with E-state index in [9.17, 15) is 4.79 Å². The van der Waals surface area contributed by atoms with Crippen LogP contribution in [0.25, 0.3) is 0 Å². The first-order valence-electron chi connectivity index (χ1n) is 8.56. The quantitative estimate of drug-likeness (QED) is 0.819. The highest BCUT2D eigenvalue weighted by molar-refractivity contribution is 6.31. The van der Waals surface area contributed by atoms with Gasteiger partial charge in [-0.15, -0.1) is 0 Å². The summed E-state index contributed by atoms with van der Waals surface area (Å²) in [5, 5.41) is 0.768. The van der Waals surface area contributed by atoms with Gasteiger partial charge in [-0.1, -0.05) is 17.7 Å². The van der Waals surface area contributed by atoms with Gasteiger partial charge in [-0.3, -0.25) is 4.79 Å². The largest absolute Gasteiger partial charge is 0.497 e. The number of halogens is 1. The van der Waals surface area contributed by atoms with Crippen molar-refractivity contribution in [1.82, 2.24) is 4.90 Å². The molecule has 1 aliphatic heterocycles. The van der Waals surface area contributed by atoms with Gasteiger partial charge < -0.3 is 19.3 Å². The van der Waals surface area contributed by atoms with Crippen LogP contribution in [-0.4, -0.2) is 51.2 Å². The number of benzene rings is 2. The molecule has 6 heteroatoms. The number of hydrogen-bond donors (Lipinski definition) is 0. The maximum absolute atomic E-state index is 12.9. The average molecular weight is 375 g/mol. The zero-order valence-electron chi connectivity index (χ0n) is 15.3. The van der Waals surface area contributed by atoms with E-state index in [4.69, 9.17) is 21.1 Å². The van der Waals surface area contributed by atoms with Crippen molar-refractivity contribution in [3.63, 3.8) is 0 Å². The zero-order chi connectivity index (χ0) is 18.7. The molecule has 0 N–H and O–H groups in total. The van der Waals surface area contributed by atoms with Gasteiger partial charge in [0.1, 0.15) is 11.5 Å². The number of nitrogens with zero attached hydrogens (tertiary/aromatic N) is 2. The van der Waals surface area contributed by atoms with Crippen molar-refractivity contribution in [2.45, 2.75) is 6.92 Å². The summed E-state index contributed by atoms with van der Waals surface area (Å²) < 4.78 is 10.5. The van der Waals surface area contributed by atoms with Gasteiger partial charge in [0.2, 0.25) is 0 Å². The van der Waals surface area contributed by atoms with E-state index in [2.05, 4.69) is 11.0 Å². The van der Waals surface area contributed by atoms with Crippen molar-refractivity contribution in [1.29, 1.82) is 0 Å². The van der Waals surface area contributed by atoms with Crippen molar-refractivity contribution in [2.75, 3.05) is 45.3 Å². The molecule has 5 nitrogen and oxygen atoms in total. The molecule has 0 atom stereocenters. The van der Waals surface area contributed by atoms with Crippen LogP contribution < -0.4 is 14.4 Å². The summed E-state index contributed by atoms with van der Waals surface area (Å²) in [6, 6.07) is 11.2. The summed E-state index contributed by atoms with van der Waals surface area (Å²) in [6.07, 6.45) is 0. The number of rotatable bonds is 4. The minimum Gasteiger partial charge on any atom is -0.497 e. The minimum atomic E-state index is -0.00957. The lowest BCUT2D eigenvalue weighted by Crippen LogP contribution is -2.49. The first kappa shape index (κ1) is 18.4. The third-order valence-corrected chi connectivity index (χ3v) is 5.15. The lowest BCUT2D eigenvalue weighted by atomic mass is 10.1. The van der Waals surface area contributed by atoms with E-state index >= 15 is 0 Å². The van der Waals surface area contributed by atoms with Crippen LogP contribution in [0.3, 0.4) is 0 Å². The van der Waals surface area contributed by atoms with Gasteiger partial charge in [0.25, 0.3) is 5.91 Å². The molecule has 3 rings (SSSR count). The fourth-order valence-corrected chi connectivity index (χ4v) is 3.37. The molecule has 1 fully saturated rings. The van der Waals surface area contributed by atoms with Crippen molar-refractivity contribution < 1.29 is 14.3 Å². The Balaban J connectivity index is 1.72. The smallest absolute Gasteiger partial charge is 0.254 e. The van der Waals surface area contributed by atoms with E-state index in [0.29, 0.717) is 30.2 Å². The number of methoxy groups -OCH3 is 2. The van der Waals surface area contributed by atoms with E-state index in [1.165, 1.54) is 0 Å². The summed E-state index contributed by atoms with van der Waals surface area (Å²) in [6.45, 7) is 4.88. The highest BCUT2D eigenvalue weighted by Gasteiger charge is 2.24. The van der Waals surface area contributed by atoms with Crippen LogP contribution in [0.5, 0.6) is 11.5 Å². The van der Waals surface area contributed by atoms with Crippen LogP contribution in [0.1, 0.15) is 15.9 Å². The molecule has 0 unspecified atom stereocenters. The molecular formula is C20H23ClN2O3. The second-order valence-electron chi connectivity index (χ2n) is 6.26.